The fourth-order valence-electron chi connectivity index (χ4n) is 2.29. The summed E-state index contributed by atoms with van der Waals surface area (Å²) in [6, 6.07) is 7.93. The van der Waals surface area contributed by atoms with E-state index >= 15 is 0 Å². The Morgan fingerprint density at radius 2 is 1.79 bits per heavy atom. The Morgan fingerprint density at radius 1 is 1.04 bits per heavy atom. The van der Waals surface area contributed by atoms with Crippen molar-refractivity contribution in [2.24, 2.45) is 0 Å². The van der Waals surface area contributed by atoms with Gasteiger partial charge in [0.2, 0.25) is 0 Å². The Bertz CT molecular complexity index is 1030. The number of halogens is 3. The van der Waals surface area contributed by atoms with Crippen molar-refractivity contribution in [2.75, 3.05) is 5.32 Å². The zero-order chi connectivity index (χ0) is 17.4. The van der Waals surface area contributed by atoms with Crippen LogP contribution in [0.5, 0.6) is 0 Å². The number of aromatic nitrogens is 1. The molecule has 122 valence electrons. The molecule has 0 saturated carbocycles. The number of hydrogen-bond acceptors (Lipinski definition) is 2. The van der Waals surface area contributed by atoms with Gasteiger partial charge in [0.25, 0.3) is 11.5 Å². The summed E-state index contributed by atoms with van der Waals surface area (Å²) in [5.41, 5.74) is 0.414. The van der Waals surface area contributed by atoms with Crippen LogP contribution in [0.2, 0.25) is 0 Å². The molecule has 1 heterocycles. The summed E-state index contributed by atoms with van der Waals surface area (Å²) in [4.78, 5) is 26.3. The highest BCUT2D eigenvalue weighted by Crippen LogP contribution is 2.20. The first-order valence-corrected chi connectivity index (χ1v) is 6.95. The third kappa shape index (κ3) is 2.76. The van der Waals surface area contributed by atoms with Crippen molar-refractivity contribution < 1.29 is 18.0 Å². The average molecular weight is 332 g/mol. The van der Waals surface area contributed by atoms with Gasteiger partial charge in [-0.05, 0) is 42.6 Å². The largest absolute Gasteiger partial charge is 0.322 e. The second-order valence-electron chi connectivity index (χ2n) is 5.26. The lowest BCUT2D eigenvalue weighted by molar-refractivity contribution is 0.102. The number of hydrogen-bond donors (Lipinski definition) is 2. The standard InChI is InChI=1S/C17H11F3N2O2/c1-8-6-9-2-3-10(7-13(9)22-16(8)23)21-17(24)11-4-5-12(18)15(20)14(11)19/h2-7H,1H3,(H,21,24)(H,22,23). The summed E-state index contributed by atoms with van der Waals surface area (Å²) in [6.07, 6.45) is 0. The highest BCUT2D eigenvalue weighted by atomic mass is 19.2. The maximum absolute atomic E-state index is 13.6. The van der Waals surface area contributed by atoms with Crippen LogP contribution in [0, 0.1) is 24.4 Å². The number of carbonyl (C=O) groups is 1. The molecule has 24 heavy (non-hydrogen) atoms. The average Bonchev–Trinajstić information content (AvgIpc) is 2.54. The summed E-state index contributed by atoms with van der Waals surface area (Å²) in [5, 5.41) is 3.14. The van der Waals surface area contributed by atoms with Crippen LogP contribution in [0.25, 0.3) is 10.9 Å². The van der Waals surface area contributed by atoms with Gasteiger partial charge >= 0.3 is 0 Å². The predicted octanol–water partition coefficient (Wildman–Crippen LogP) is 3.51. The molecule has 0 aliphatic rings. The Labute approximate surface area is 133 Å². The van der Waals surface area contributed by atoms with E-state index in [9.17, 15) is 22.8 Å². The summed E-state index contributed by atoms with van der Waals surface area (Å²) >= 11 is 0. The minimum Gasteiger partial charge on any atom is -0.322 e. The van der Waals surface area contributed by atoms with E-state index in [1.807, 2.05) is 0 Å². The molecule has 7 heteroatoms. The first kappa shape index (κ1) is 15.8. The molecule has 0 fully saturated rings. The Hall–Kier alpha value is -3.09. The number of carbonyl (C=O) groups excluding carboxylic acids is 1. The van der Waals surface area contributed by atoms with Crippen LogP contribution in [-0.4, -0.2) is 10.9 Å². The van der Waals surface area contributed by atoms with Crippen molar-refractivity contribution in [1.29, 1.82) is 0 Å². The molecule has 1 aromatic heterocycles. The summed E-state index contributed by atoms with van der Waals surface area (Å²) in [7, 11) is 0. The molecule has 0 bridgehead atoms. The number of benzene rings is 2. The highest BCUT2D eigenvalue weighted by Gasteiger charge is 2.19. The minimum atomic E-state index is -1.71. The van der Waals surface area contributed by atoms with Crippen molar-refractivity contribution >= 4 is 22.5 Å². The third-order valence-corrected chi connectivity index (χ3v) is 3.57. The molecule has 0 atom stereocenters. The van der Waals surface area contributed by atoms with E-state index in [1.165, 1.54) is 6.07 Å². The maximum Gasteiger partial charge on any atom is 0.258 e. The van der Waals surface area contributed by atoms with E-state index in [-0.39, 0.29) is 11.2 Å². The Morgan fingerprint density at radius 3 is 2.54 bits per heavy atom. The number of rotatable bonds is 2. The van der Waals surface area contributed by atoms with Gasteiger partial charge in [0.15, 0.2) is 17.5 Å². The summed E-state index contributed by atoms with van der Waals surface area (Å²) < 4.78 is 39.8. The lowest BCUT2D eigenvalue weighted by Crippen LogP contribution is -2.15. The van der Waals surface area contributed by atoms with Gasteiger partial charge in [-0.1, -0.05) is 6.07 Å². The zero-order valence-electron chi connectivity index (χ0n) is 12.4. The molecular formula is C17H11F3N2O2. The molecule has 0 radical (unpaired) electrons. The van der Waals surface area contributed by atoms with Gasteiger partial charge in [-0.25, -0.2) is 13.2 Å². The maximum atomic E-state index is 13.6. The summed E-state index contributed by atoms with van der Waals surface area (Å²) in [6.45, 7) is 1.67. The van der Waals surface area contributed by atoms with Gasteiger partial charge < -0.3 is 10.3 Å². The quantitative estimate of drug-likeness (QED) is 0.706. The number of pyridine rings is 1. The van der Waals surface area contributed by atoms with E-state index in [0.29, 0.717) is 17.1 Å². The third-order valence-electron chi connectivity index (χ3n) is 3.57. The van der Waals surface area contributed by atoms with Crippen LogP contribution < -0.4 is 10.9 Å². The van der Waals surface area contributed by atoms with Crippen LogP contribution in [-0.2, 0) is 0 Å². The van der Waals surface area contributed by atoms with Gasteiger partial charge in [0, 0.05) is 11.3 Å². The number of amides is 1. The predicted molar refractivity (Wildman–Crippen MR) is 83.6 cm³/mol. The van der Waals surface area contributed by atoms with Crippen LogP contribution in [0.15, 0.2) is 41.2 Å². The number of nitrogens with one attached hydrogen (secondary N) is 2. The SMILES string of the molecule is Cc1cc2ccc(NC(=O)c3ccc(F)c(F)c3F)cc2[nH]c1=O. The fraction of sp³-hybridized carbons (Fsp3) is 0.0588. The molecule has 2 aromatic carbocycles. The molecule has 0 saturated heterocycles. The van der Waals surface area contributed by atoms with E-state index in [2.05, 4.69) is 10.3 Å². The van der Waals surface area contributed by atoms with Gasteiger partial charge in [0.1, 0.15) is 0 Å². The number of H-pyrrole nitrogens is 1. The zero-order valence-corrected chi connectivity index (χ0v) is 12.4. The number of fused-ring (bicyclic) bond motifs is 1. The van der Waals surface area contributed by atoms with Crippen LogP contribution >= 0.6 is 0 Å². The molecule has 2 N–H and O–H groups in total. The smallest absolute Gasteiger partial charge is 0.258 e. The molecule has 0 unspecified atom stereocenters. The lowest BCUT2D eigenvalue weighted by Gasteiger charge is -2.08. The topological polar surface area (TPSA) is 62.0 Å². The molecule has 4 nitrogen and oxygen atoms in total. The van der Waals surface area contributed by atoms with E-state index in [4.69, 9.17) is 0 Å². The van der Waals surface area contributed by atoms with Crippen LogP contribution in [0.1, 0.15) is 15.9 Å². The van der Waals surface area contributed by atoms with Gasteiger partial charge in [-0.15, -0.1) is 0 Å². The number of aromatic amines is 1. The second kappa shape index (κ2) is 5.84. The normalized spacial score (nSPS) is 10.8. The van der Waals surface area contributed by atoms with Crippen molar-refractivity contribution in [2.45, 2.75) is 6.92 Å². The van der Waals surface area contributed by atoms with E-state index in [1.54, 1.807) is 25.1 Å². The first-order valence-electron chi connectivity index (χ1n) is 6.95. The number of anilines is 1. The lowest BCUT2D eigenvalue weighted by atomic mass is 10.1. The molecule has 3 aromatic rings. The molecule has 0 aliphatic carbocycles. The number of aryl methyl sites for hydroxylation is 1. The van der Waals surface area contributed by atoms with Crippen molar-refractivity contribution in [3.63, 3.8) is 0 Å². The van der Waals surface area contributed by atoms with Crippen molar-refractivity contribution in [3.05, 3.63) is 75.3 Å². The van der Waals surface area contributed by atoms with Crippen LogP contribution in [0.3, 0.4) is 0 Å². The van der Waals surface area contributed by atoms with Gasteiger partial charge in [-0.3, -0.25) is 9.59 Å². The monoisotopic (exact) mass is 332 g/mol. The van der Waals surface area contributed by atoms with Crippen molar-refractivity contribution in [3.8, 4) is 0 Å². The minimum absolute atomic E-state index is 0.266. The van der Waals surface area contributed by atoms with Crippen LogP contribution in [0.4, 0.5) is 18.9 Å². The van der Waals surface area contributed by atoms with Gasteiger partial charge in [-0.2, -0.15) is 0 Å². The molecule has 0 spiro atoms. The van der Waals surface area contributed by atoms with E-state index < -0.39 is 28.9 Å². The molecule has 1 amide bonds. The fourth-order valence-corrected chi connectivity index (χ4v) is 2.29. The summed E-state index contributed by atoms with van der Waals surface area (Å²) in [5.74, 6) is -5.57. The Balaban J connectivity index is 1.95. The van der Waals surface area contributed by atoms with Crippen molar-refractivity contribution in [1.82, 2.24) is 4.98 Å². The Kier molecular flexibility index (Phi) is 3.84. The van der Waals surface area contributed by atoms with Gasteiger partial charge in [0.05, 0.1) is 11.1 Å². The molecule has 0 aliphatic heterocycles. The first-order chi connectivity index (χ1) is 11.4. The molecular weight excluding hydrogens is 321 g/mol. The highest BCUT2D eigenvalue weighted by molar-refractivity contribution is 6.05. The van der Waals surface area contributed by atoms with E-state index in [0.717, 1.165) is 11.5 Å². The molecule has 3 rings (SSSR count). The second-order valence-corrected chi connectivity index (χ2v) is 5.26.